The molecule has 36 heavy (non-hydrogen) atoms. The van der Waals surface area contributed by atoms with Crippen molar-refractivity contribution in [3.8, 4) is 5.75 Å². The second kappa shape index (κ2) is 11.2. The molecule has 182 valence electrons. The van der Waals surface area contributed by atoms with Crippen molar-refractivity contribution in [1.82, 2.24) is 0 Å². The Balaban J connectivity index is 1.36. The largest absolute Gasteiger partial charge is 0.488 e. The highest BCUT2D eigenvalue weighted by molar-refractivity contribution is 9.10. The van der Waals surface area contributed by atoms with E-state index < -0.39 is 0 Å². The second-order valence-electron chi connectivity index (χ2n) is 8.54. The normalized spacial score (nSPS) is 12.9. The average molecular weight is 563 g/mol. The molecule has 0 spiro atoms. The Hall–Kier alpha value is -3.29. The molecule has 3 aromatic carbocycles. The van der Waals surface area contributed by atoms with E-state index in [1.165, 1.54) is 10.9 Å². The molecule has 7 heteroatoms. The number of carbonyl (C=O) groups is 1. The van der Waals surface area contributed by atoms with E-state index in [4.69, 9.17) is 9.73 Å². The number of nitrogens with one attached hydrogen (secondary N) is 1. The summed E-state index contributed by atoms with van der Waals surface area (Å²) in [6.07, 6.45) is 5.87. The van der Waals surface area contributed by atoms with Crippen LogP contribution in [0, 0.1) is 5.82 Å². The van der Waals surface area contributed by atoms with Gasteiger partial charge in [0.05, 0.1) is 10.0 Å². The SMILES string of the molecule is O=C(Nc1ccccc1)c1c(N=Cc2ccc(OCc3ccccc3F)c(Br)c2)sc2c1CCCC2. The third-order valence-corrected chi connectivity index (χ3v) is 7.86. The lowest BCUT2D eigenvalue weighted by atomic mass is 9.95. The van der Waals surface area contributed by atoms with E-state index in [1.807, 2.05) is 48.5 Å². The van der Waals surface area contributed by atoms with E-state index in [9.17, 15) is 9.18 Å². The average Bonchev–Trinajstić information content (AvgIpc) is 3.27. The van der Waals surface area contributed by atoms with E-state index in [2.05, 4.69) is 21.2 Å². The Bertz CT molecular complexity index is 1420. The zero-order valence-corrected chi connectivity index (χ0v) is 21.9. The first-order valence-electron chi connectivity index (χ1n) is 11.8. The highest BCUT2D eigenvalue weighted by Gasteiger charge is 2.25. The number of aliphatic imine (C=N–C) groups is 1. The van der Waals surface area contributed by atoms with Crippen molar-refractivity contribution in [3.05, 3.63) is 110 Å². The van der Waals surface area contributed by atoms with E-state index in [-0.39, 0.29) is 18.3 Å². The highest BCUT2D eigenvalue weighted by atomic mass is 79.9. The molecular weight excluding hydrogens is 539 g/mol. The van der Waals surface area contributed by atoms with Crippen LogP contribution in [0.1, 0.15) is 44.8 Å². The van der Waals surface area contributed by atoms with Crippen LogP contribution in [0.3, 0.4) is 0 Å². The van der Waals surface area contributed by atoms with Crippen LogP contribution < -0.4 is 10.1 Å². The molecule has 4 aromatic rings. The smallest absolute Gasteiger partial charge is 0.259 e. The number of benzene rings is 3. The van der Waals surface area contributed by atoms with Gasteiger partial charge in [0.1, 0.15) is 23.2 Å². The summed E-state index contributed by atoms with van der Waals surface area (Å²) >= 11 is 5.15. The first kappa shape index (κ1) is 24.4. The van der Waals surface area contributed by atoms with E-state index >= 15 is 0 Å². The van der Waals surface area contributed by atoms with E-state index in [0.29, 0.717) is 16.9 Å². The first-order chi connectivity index (χ1) is 17.6. The number of rotatable bonds is 7. The van der Waals surface area contributed by atoms with Gasteiger partial charge in [-0.3, -0.25) is 4.79 Å². The summed E-state index contributed by atoms with van der Waals surface area (Å²) in [5.41, 5.74) is 3.94. The minimum absolute atomic E-state index is 0.120. The van der Waals surface area contributed by atoms with Crippen molar-refractivity contribution < 1.29 is 13.9 Å². The lowest BCUT2D eigenvalue weighted by molar-refractivity contribution is 0.102. The van der Waals surface area contributed by atoms with Crippen LogP contribution in [-0.4, -0.2) is 12.1 Å². The summed E-state index contributed by atoms with van der Waals surface area (Å²) < 4.78 is 20.4. The number of halogens is 2. The minimum Gasteiger partial charge on any atom is -0.488 e. The number of amides is 1. The molecule has 0 saturated heterocycles. The molecule has 0 radical (unpaired) electrons. The Morgan fingerprint density at radius 3 is 2.64 bits per heavy atom. The van der Waals surface area contributed by atoms with Gasteiger partial charge in [0, 0.05) is 22.3 Å². The predicted molar refractivity (Wildman–Crippen MR) is 147 cm³/mol. The fourth-order valence-electron chi connectivity index (χ4n) is 4.21. The minimum atomic E-state index is -0.289. The van der Waals surface area contributed by atoms with Crippen LogP contribution in [0.4, 0.5) is 15.1 Å². The van der Waals surface area contributed by atoms with E-state index in [1.54, 1.807) is 35.8 Å². The number of thiophene rings is 1. The molecule has 1 aromatic heterocycles. The number of fused-ring (bicyclic) bond motifs is 1. The highest BCUT2D eigenvalue weighted by Crippen LogP contribution is 2.40. The summed E-state index contributed by atoms with van der Waals surface area (Å²) in [5, 5.41) is 3.75. The zero-order valence-electron chi connectivity index (χ0n) is 19.5. The number of nitrogens with zero attached hydrogens (tertiary/aromatic N) is 1. The van der Waals surface area contributed by atoms with Gasteiger partial charge in [-0.25, -0.2) is 9.38 Å². The molecule has 0 fully saturated rings. The summed E-state index contributed by atoms with van der Waals surface area (Å²) in [7, 11) is 0. The molecule has 0 atom stereocenters. The Morgan fingerprint density at radius 1 is 1.06 bits per heavy atom. The summed E-state index contributed by atoms with van der Waals surface area (Å²) in [6.45, 7) is 0.138. The lowest BCUT2D eigenvalue weighted by Gasteiger charge is -2.12. The van der Waals surface area contributed by atoms with Crippen molar-refractivity contribution in [1.29, 1.82) is 0 Å². The maximum Gasteiger partial charge on any atom is 0.259 e. The number of anilines is 1. The molecule has 5 rings (SSSR count). The van der Waals surface area contributed by atoms with Crippen molar-refractivity contribution in [3.63, 3.8) is 0 Å². The maximum absolute atomic E-state index is 13.9. The van der Waals surface area contributed by atoms with Crippen LogP contribution >= 0.6 is 27.3 Å². The van der Waals surface area contributed by atoms with Crippen molar-refractivity contribution in [2.45, 2.75) is 32.3 Å². The van der Waals surface area contributed by atoms with Crippen LogP contribution in [0.25, 0.3) is 0 Å². The zero-order chi connectivity index (χ0) is 24.9. The second-order valence-corrected chi connectivity index (χ2v) is 10.5. The number of para-hydroxylation sites is 1. The topological polar surface area (TPSA) is 50.7 Å². The fourth-order valence-corrected chi connectivity index (χ4v) is 5.95. The maximum atomic E-state index is 13.9. The molecule has 1 N–H and O–H groups in total. The van der Waals surface area contributed by atoms with Gasteiger partial charge >= 0.3 is 0 Å². The third kappa shape index (κ3) is 5.58. The predicted octanol–water partition coefficient (Wildman–Crippen LogP) is 8.11. The molecule has 0 unspecified atom stereocenters. The van der Waals surface area contributed by atoms with Crippen LogP contribution in [0.2, 0.25) is 0 Å². The van der Waals surface area contributed by atoms with Crippen LogP contribution in [0.5, 0.6) is 5.75 Å². The quantitative estimate of drug-likeness (QED) is 0.231. The van der Waals surface area contributed by atoms with Crippen molar-refractivity contribution >= 4 is 50.1 Å². The standard InChI is InChI=1S/C29H24BrFN2O2S/c30-23-16-19(14-15-25(23)35-18-20-8-4-6-12-24(20)31)17-32-29-27(22-11-5-7-13-26(22)36-29)28(34)33-21-9-2-1-3-10-21/h1-4,6,8-10,12,14-17H,5,7,11,13,18H2,(H,33,34). The number of ether oxygens (including phenoxy) is 1. The Kier molecular flexibility index (Phi) is 7.58. The van der Waals surface area contributed by atoms with Gasteiger partial charge < -0.3 is 10.1 Å². The molecule has 0 saturated carbocycles. The van der Waals surface area contributed by atoms with Gasteiger partial charge in [-0.05, 0) is 89.1 Å². The van der Waals surface area contributed by atoms with Crippen molar-refractivity contribution in [2.75, 3.05) is 5.32 Å². The van der Waals surface area contributed by atoms with Crippen molar-refractivity contribution in [2.24, 2.45) is 4.99 Å². The van der Waals surface area contributed by atoms with Gasteiger partial charge in [0.15, 0.2) is 0 Å². The number of aryl methyl sites for hydroxylation is 1. The fraction of sp³-hybridized carbons (Fsp3) is 0.172. The Labute approximate surface area is 222 Å². The van der Waals surface area contributed by atoms with Gasteiger partial charge in [-0.15, -0.1) is 11.3 Å². The van der Waals surface area contributed by atoms with Crippen LogP contribution in [-0.2, 0) is 19.4 Å². The summed E-state index contributed by atoms with van der Waals surface area (Å²) in [6, 6.07) is 21.7. The van der Waals surface area contributed by atoms with Gasteiger partial charge in [0.25, 0.3) is 5.91 Å². The third-order valence-electron chi connectivity index (χ3n) is 6.04. The van der Waals surface area contributed by atoms with E-state index in [0.717, 1.165) is 52.0 Å². The lowest BCUT2D eigenvalue weighted by Crippen LogP contribution is -2.14. The molecule has 0 bridgehead atoms. The molecule has 1 aliphatic rings. The summed E-state index contributed by atoms with van der Waals surface area (Å²) in [5.74, 6) is 0.207. The summed E-state index contributed by atoms with van der Waals surface area (Å²) in [4.78, 5) is 19.3. The van der Waals surface area contributed by atoms with Crippen LogP contribution in [0.15, 0.2) is 82.3 Å². The van der Waals surface area contributed by atoms with Gasteiger partial charge in [-0.1, -0.05) is 36.4 Å². The molecule has 0 aliphatic heterocycles. The van der Waals surface area contributed by atoms with Gasteiger partial charge in [0.2, 0.25) is 0 Å². The molecule has 1 aliphatic carbocycles. The molecule has 1 heterocycles. The monoisotopic (exact) mass is 562 g/mol. The van der Waals surface area contributed by atoms with Gasteiger partial charge in [-0.2, -0.15) is 0 Å². The number of hydrogen-bond acceptors (Lipinski definition) is 4. The number of carbonyl (C=O) groups excluding carboxylic acids is 1. The first-order valence-corrected chi connectivity index (χ1v) is 13.4. The number of hydrogen-bond donors (Lipinski definition) is 1. The molecular formula is C29H24BrFN2O2S. The molecule has 4 nitrogen and oxygen atoms in total. The Morgan fingerprint density at radius 2 is 1.83 bits per heavy atom. The molecule has 1 amide bonds.